The average Bonchev–Trinajstić information content (AvgIpc) is 3.40. The highest BCUT2D eigenvalue weighted by molar-refractivity contribution is 7.80. The number of hydrogen-bond donors (Lipinski definition) is 1. The maximum absolute atomic E-state index is 11.4. The Morgan fingerprint density at radius 2 is 1.96 bits per heavy atom. The molecule has 3 heterocycles. The van der Waals surface area contributed by atoms with Crippen LogP contribution >= 0.6 is 23.6 Å². The molecule has 1 aromatic carbocycles. The summed E-state index contributed by atoms with van der Waals surface area (Å²) in [5.74, 6) is 0.740. The van der Waals surface area contributed by atoms with E-state index in [0.29, 0.717) is 16.5 Å². The smallest absolute Gasteiger partial charge is 0.214 e. The molecule has 1 saturated heterocycles. The zero-order valence-electron chi connectivity index (χ0n) is 15.4. The summed E-state index contributed by atoms with van der Waals surface area (Å²) in [5.41, 5.74) is 1.58. The zero-order chi connectivity index (χ0) is 19.5. The maximum atomic E-state index is 11.4. The molecule has 0 saturated carbocycles. The Bertz CT molecular complexity index is 959. The number of piperidine rings is 1. The van der Waals surface area contributed by atoms with Gasteiger partial charge in [0.15, 0.2) is 10.9 Å². The molecule has 0 radical (unpaired) electrons. The molecule has 0 aliphatic carbocycles. The lowest BCUT2D eigenvalue weighted by atomic mass is 10.1. The molecular weight excluding hydrogens is 392 g/mol. The highest BCUT2D eigenvalue weighted by Gasteiger charge is 2.24. The van der Waals surface area contributed by atoms with Crippen molar-refractivity contribution in [1.29, 1.82) is 0 Å². The molecule has 0 atom stereocenters. The van der Waals surface area contributed by atoms with E-state index < -0.39 is 0 Å². The van der Waals surface area contributed by atoms with Crippen LogP contribution in [0.5, 0.6) is 0 Å². The van der Waals surface area contributed by atoms with Crippen molar-refractivity contribution in [3.63, 3.8) is 0 Å². The summed E-state index contributed by atoms with van der Waals surface area (Å²) >= 11 is 7.17. The van der Waals surface area contributed by atoms with E-state index in [1.165, 1.54) is 0 Å². The minimum atomic E-state index is 0.0557. The van der Waals surface area contributed by atoms with Crippen LogP contribution in [-0.4, -0.2) is 49.1 Å². The van der Waals surface area contributed by atoms with Crippen molar-refractivity contribution in [3.8, 4) is 10.7 Å². The van der Waals surface area contributed by atoms with Crippen LogP contribution in [0.15, 0.2) is 41.8 Å². The average molecular weight is 413 g/mol. The highest BCUT2D eigenvalue weighted by atomic mass is 32.1. The van der Waals surface area contributed by atoms with Crippen LogP contribution in [0.25, 0.3) is 10.7 Å². The normalized spacial score (nSPS) is 14.8. The van der Waals surface area contributed by atoms with E-state index in [9.17, 15) is 4.79 Å². The number of aromatic nitrogens is 4. The van der Waals surface area contributed by atoms with Gasteiger partial charge in [0.2, 0.25) is 5.82 Å². The molecule has 1 N–H and O–H groups in total. The Labute approximate surface area is 172 Å². The quantitative estimate of drug-likeness (QED) is 0.518. The van der Waals surface area contributed by atoms with Gasteiger partial charge in [-0.1, -0.05) is 6.07 Å². The first-order chi connectivity index (χ1) is 13.6. The summed E-state index contributed by atoms with van der Waals surface area (Å²) in [4.78, 5) is 16.3. The van der Waals surface area contributed by atoms with Crippen LogP contribution in [0.2, 0.25) is 0 Å². The number of carbonyl (C=O) groups is 1. The second-order valence-corrected chi connectivity index (χ2v) is 8.03. The van der Waals surface area contributed by atoms with Gasteiger partial charge >= 0.3 is 0 Å². The standard InChI is InChI=1S/C19H20N6OS2/c1-13(26)14-4-6-15(7-5-14)20-19(27)24-10-8-16(9-11-24)25-22-18(21-23-25)17-3-2-12-28-17/h2-7,12,16H,8-11H2,1H3,(H,20,27). The van der Waals surface area contributed by atoms with Gasteiger partial charge in [-0.05, 0) is 72.9 Å². The summed E-state index contributed by atoms with van der Waals surface area (Å²) in [7, 11) is 0. The number of likely N-dealkylation sites (tertiary alicyclic amines) is 1. The lowest BCUT2D eigenvalue weighted by Crippen LogP contribution is -2.41. The van der Waals surface area contributed by atoms with E-state index in [1.54, 1.807) is 35.2 Å². The van der Waals surface area contributed by atoms with Crippen molar-refractivity contribution < 1.29 is 4.79 Å². The number of ketones is 1. The van der Waals surface area contributed by atoms with Crippen LogP contribution in [0.1, 0.15) is 36.2 Å². The minimum absolute atomic E-state index is 0.0557. The first kappa shape index (κ1) is 18.7. The molecular formula is C19H20N6OS2. The molecule has 28 heavy (non-hydrogen) atoms. The second kappa shape index (κ2) is 8.15. The summed E-state index contributed by atoms with van der Waals surface area (Å²) in [5, 5.41) is 18.9. The number of benzene rings is 1. The predicted molar refractivity (Wildman–Crippen MR) is 114 cm³/mol. The molecule has 0 amide bonds. The SMILES string of the molecule is CC(=O)c1ccc(NC(=S)N2CCC(n3nnc(-c4cccs4)n3)CC2)cc1. The van der Waals surface area contributed by atoms with Crippen LogP contribution in [0.4, 0.5) is 5.69 Å². The summed E-state index contributed by atoms with van der Waals surface area (Å²) in [6, 6.07) is 11.6. The van der Waals surface area contributed by atoms with Crippen LogP contribution in [0, 0.1) is 0 Å². The molecule has 1 aliphatic rings. The number of nitrogens with zero attached hydrogens (tertiary/aromatic N) is 5. The first-order valence-electron chi connectivity index (χ1n) is 9.10. The topological polar surface area (TPSA) is 75.9 Å². The third kappa shape index (κ3) is 4.10. The molecule has 7 nitrogen and oxygen atoms in total. The van der Waals surface area contributed by atoms with E-state index in [-0.39, 0.29) is 11.8 Å². The number of thiophene rings is 1. The predicted octanol–water partition coefficient (Wildman–Crippen LogP) is 3.64. The van der Waals surface area contributed by atoms with E-state index in [0.717, 1.165) is 36.5 Å². The fourth-order valence-electron chi connectivity index (χ4n) is 3.17. The lowest BCUT2D eigenvalue weighted by Gasteiger charge is -2.33. The van der Waals surface area contributed by atoms with Gasteiger partial charge in [0.1, 0.15) is 0 Å². The van der Waals surface area contributed by atoms with Crippen LogP contribution < -0.4 is 5.32 Å². The van der Waals surface area contributed by atoms with Gasteiger partial charge in [-0.15, -0.1) is 21.5 Å². The van der Waals surface area contributed by atoms with Crippen molar-refractivity contribution in [2.24, 2.45) is 0 Å². The molecule has 1 aliphatic heterocycles. The van der Waals surface area contributed by atoms with E-state index in [1.807, 2.05) is 29.6 Å². The number of nitrogens with one attached hydrogen (secondary N) is 1. The maximum Gasteiger partial charge on any atom is 0.214 e. The Balaban J connectivity index is 1.32. The van der Waals surface area contributed by atoms with E-state index in [2.05, 4.69) is 25.6 Å². The third-order valence-corrected chi connectivity index (χ3v) is 6.02. The van der Waals surface area contributed by atoms with Crippen molar-refractivity contribution in [3.05, 3.63) is 47.3 Å². The van der Waals surface area contributed by atoms with Crippen molar-refractivity contribution in [2.45, 2.75) is 25.8 Å². The number of anilines is 1. The number of rotatable bonds is 4. The monoisotopic (exact) mass is 412 g/mol. The zero-order valence-corrected chi connectivity index (χ0v) is 17.0. The van der Waals surface area contributed by atoms with Crippen molar-refractivity contribution in [1.82, 2.24) is 25.1 Å². The number of hydrogen-bond acceptors (Lipinski definition) is 6. The lowest BCUT2D eigenvalue weighted by molar-refractivity contribution is 0.101. The summed E-state index contributed by atoms with van der Waals surface area (Å²) in [6.07, 6.45) is 1.82. The van der Waals surface area contributed by atoms with Gasteiger partial charge < -0.3 is 10.2 Å². The summed E-state index contributed by atoms with van der Waals surface area (Å²) in [6.45, 7) is 3.22. The Morgan fingerprint density at radius 1 is 1.21 bits per heavy atom. The molecule has 4 rings (SSSR count). The van der Waals surface area contributed by atoms with Crippen LogP contribution in [0.3, 0.4) is 0 Å². The number of Topliss-reactive ketones (excluding diaryl/α,β-unsaturated/α-hetero) is 1. The fraction of sp³-hybridized carbons (Fsp3) is 0.316. The molecule has 1 fully saturated rings. The molecule has 3 aromatic rings. The Kier molecular flexibility index (Phi) is 5.45. The second-order valence-electron chi connectivity index (χ2n) is 6.69. The number of tetrazole rings is 1. The van der Waals surface area contributed by atoms with Gasteiger partial charge in [0.05, 0.1) is 10.9 Å². The third-order valence-electron chi connectivity index (χ3n) is 4.79. The first-order valence-corrected chi connectivity index (χ1v) is 10.4. The fourth-order valence-corrected chi connectivity index (χ4v) is 4.12. The molecule has 0 bridgehead atoms. The Hall–Kier alpha value is -2.65. The van der Waals surface area contributed by atoms with Crippen molar-refractivity contribution >= 4 is 40.1 Å². The molecule has 9 heteroatoms. The highest BCUT2D eigenvalue weighted by Crippen LogP contribution is 2.24. The Morgan fingerprint density at radius 3 is 2.61 bits per heavy atom. The number of thiocarbonyl (C=S) groups is 1. The van der Waals surface area contributed by atoms with E-state index >= 15 is 0 Å². The summed E-state index contributed by atoms with van der Waals surface area (Å²) < 4.78 is 0. The van der Waals surface area contributed by atoms with Gasteiger partial charge in [0.25, 0.3) is 0 Å². The molecule has 2 aromatic heterocycles. The molecule has 0 spiro atoms. The van der Waals surface area contributed by atoms with Crippen molar-refractivity contribution in [2.75, 3.05) is 18.4 Å². The molecule has 0 unspecified atom stereocenters. The van der Waals surface area contributed by atoms with Gasteiger partial charge in [-0.2, -0.15) is 4.80 Å². The largest absolute Gasteiger partial charge is 0.349 e. The van der Waals surface area contributed by atoms with Gasteiger partial charge in [-0.25, -0.2) is 0 Å². The van der Waals surface area contributed by atoms with E-state index in [4.69, 9.17) is 12.2 Å². The van der Waals surface area contributed by atoms with Gasteiger partial charge in [0, 0.05) is 24.3 Å². The van der Waals surface area contributed by atoms with Crippen LogP contribution in [-0.2, 0) is 0 Å². The van der Waals surface area contributed by atoms with Gasteiger partial charge in [-0.3, -0.25) is 4.79 Å². The minimum Gasteiger partial charge on any atom is -0.349 e. The number of carbonyl (C=O) groups excluding carboxylic acids is 1. The molecule has 144 valence electrons.